The van der Waals surface area contributed by atoms with E-state index in [9.17, 15) is 0 Å². The summed E-state index contributed by atoms with van der Waals surface area (Å²) >= 11 is 0. The van der Waals surface area contributed by atoms with Gasteiger partial charge in [0.05, 0.1) is 16.9 Å². The van der Waals surface area contributed by atoms with Crippen LogP contribution in [0.2, 0.25) is 0 Å². The van der Waals surface area contributed by atoms with Gasteiger partial charge < -0.3 is 18.8 Å². The first-order valence-corrected chi connectivity index (χ1v) is 25.7. The molecule has 69 heavy (non-hydrogen) atoms. The molecule has 3 aliphatic heterocycles. The smallest absolute Gasteiger partial charge is 0.252 e. The molecule has 7 aromatic carbocycles. The Kier molecular flexibility index (Phi) is 7.96. The molecule has 0 radical (unpaired) electrons. The highest BCUT2D eigenvalue weighted by atomic mass is 16.3. The van der Waals surface area contributed by atoms with Gasteiger partial charge >= 0.3 is 0 Å². The van der Waals surface area contributed by atoms with E-state index in [1.54, 1.807) is 0 Å². The predicted molar refractivity (Wildman–Crippen MR) is 292 cm³/mol. The lowest BCUT2D eigenvalue weighted by Gasteiger charge is -2.50. The van der Waals surface area contributed by atoms with Crippen LogP contribution in [0, 0.1) is 6.92 Å². The molecule has 5 heterocycles. The van der Waals surface area contributed by atoms with Gasteiger partial charge in [0.25, 0.3) is 6.71 Å². The quantitative estimate of drug-likeness (QED) is 0.162. The number of rotatable bonds is 2. The summed E-state index contributed by atoms with van der Waals surface area (Å²) in [5, 5.41) is 3.68. The summed E-state index contributed by atoms with van der Waals surface area (Å²) in [6, 6.07) is 49.6. The normalized spacial score (nSPS) is 20.6. The molecule has 5 heteroatoms. The number of para-hydroxylation sites is 2. The molecule has 2 atom stereocenters. The Labute approximate surface area is 408 Å². The molecule has 0 amide bonds. The molecule has 2 aromatic heterocycles. The minimum absolute atomic E-state index is 0.00667. The molecule has 2 unspecified atom stereocenters. The number of hydrogen-bond donors (Lipinski definition) is 0. The molecular weight excluding hydrogens is 838 g/mol. The number of fused-ring (bicyclic) bond motifs is 15. The maximum atomic E-state index is 7.02. The van der Waals surface area contributed by atoms with E-state index in [-0.39, 0.29) is 33.9 Å². The molecule has 0 N–H and O–H groups in total. The van der Waals surface area contributed by atoms with Gasteiger partial charge in [0.2, 0.25) is 0 Å². The lowest BCUT2D eigenvalue weighted by Crippen LogP contribution is -2.61. The highest BCUT2D eigenvalue weighted by molar-refractivity contribution is 7.00. The summed E-state index contributed by atoms with van der Waals surface area (Å²) in [6.45, 7) is 26.6. The Bertz CT molecular complexity index is 3760. The highest BCUT2D eigenvalue weighted by Gasteiger charge is 2.58. The van der Waals surface area contributed by atoms with Gasteiger partial charge in [0.1, 0.15) is 5.58 Å². The van der Waals surface area contributed by atoms with E-state index in [2.05, 4.69) is 218 Å². The third-order valence-corrected chi connectivity index (χ3v) is 18.2. The van der Waals surface area contributed by atoms with Gasteiger partial charge in [-0.3, -0.25) is 0 Å². The third-order valence-electron chi connectivity index (χ3n) is 18.2. The van der Waals surface area contributed by atoms with Crippen LogP contribution in [-0.2, 0) is 21.7 Å². The van der Waals surface area contributed by atoms with Crippen molar-refractivity contribution in [3.63, 3.8) is 0 Å². The number of nitrogens with zero attached hydrogens (tertiary/aromatic N) is 3. The van der Waals surface area contributed by atoms with E-state index < -0.39 is 0 Å². The summed E-state index contributed by atoms with van der Waals surface area (Å²) in [6.07, 6.45) is 4.83. The zero-order valence-corrected chi connectivity index (χ0v) is 42.3. The number of anilines is 5. The molecule has 1 fully saturated rings. The van der Waals surface area contributed by atoms with E-state index in [1.807, 2.05) is 0 Å². The second kappa shape index (κ2) is 13.2. The van der Waals surface area contributed by atoms with Crippen LogP contribution in [0.4, 0.5) is 28.4 Å². The average molecular weight is 900 g/mol. The number of benzene rings is 7. The molecule has 0 spiro atoms. The van der Waals surface area contributed by atoms with Gasteiger partial charge in [0, 0.05) is 66.5 Å². The summed E-state index contributed by atoms with van der Waals surface area (Å²) in [4.78, 5) is 5.38. The van der Waals surface area contributed by atoms with Crippen molar-refractivity contribution in [1.82, 2.24) is 4.57 Å². The molecule has 342 valence electrons. The van der Waals surface area contributed by atoms with Crippen molar-refractivity contribution in [2.24, 2.45) is 0 Å². The van der Waals surface area contributed by atoms with E-state index in [0.717, 1.165) is 34.0 Å². The lowest BCUT2D eigenvalue weighted by atomic mass is 9.33. The zero-order valence-electron chi connectivity index (χ0n) is 42.3. The average Bonchev–Trinajstić information content (AvgIpc) is 4.00. The van der Waals surface area contributed by atoms with Crippen LogP contribution in [-0.4, -0.2) is 16.8 Å². The fourth-order valence-electron chi connectivity index (χ4n) is 14.5. The van der Waals surface area contributed by atoms with E-state index in [1.165, 1.54) is 120 Å². The van der Waals surface area contributed by atoms with Gasteiger partial charge in [-0.2, -0.15) is 0 Å². The van der Waals surface area contributed by atoms with Crippen molar-refractivity contribution in [2.45, 2.75) is 129 Å². The second-order valence-electron chi connectivity index (χ2n) is 24.6. The minimum atomic E-state index is -0.171. The fraction of sp³-hybridized carbons (Fsp3) is 0.312. The number of aromatic nitrogens is 1. The molecule has 2 aliphatic carbocycles. The summed E-state index contributed by atoms with van der Waals surface area (Å²) in [5.41, 5.74) is 25.6. The van der Waals surface area contributed by atoms with E-state index >= 15 is 0 Å². The molecule has 9 aromatic rings. The first-order chi connectivity index (χ1) is 32.9. The van der Waals surface area contributed by atoms with Crippen LogP contribution in [0.25, 0.3) is 49.8 Å². The van der Waals surface area contributed by atoms with Crippen LogP contribution in [0.15, 0.2) is 132 Å². The highest BCUT2D eigenvalue weighted by Crippen LogP contribution is 2.62. The maximum absolute atomic E-state index is 7.02. The summed E-state index contributed by atoms with van der Waals surface area (Å²) in [5.74, 6) is 0. The van der Waals surface area contributed by atoms with Crippen molar-refractivity contribution in [3.05, 3.63) is 161 Å². The van der Waals surface area contributed by atoms with Crippen LogP contribution in [0.1, 0.15) is 128 Å². The Balaban J connectivity index is 1.11. The maximum Gasteiger partial charge on any atom is 0.252 e. The molecule has 1 saturated carbocycles. The minimum Gasteiger partial charge on any atom is -0.454 e. The monoisotopic (exact) mass is 899 g/mol. The standard InChI is InChI=1S/C64H62BN3O/c1-37-31-52-56-53(32-37)67-57-44(55-58(67)43-20-12-14-22-45(43)62(55,8)9)33-39(61(5,6)7)35-48(57)65(56)47-27-26-40(36-51(47)66(52)50-23-18-21-42-41-19-13-15-24-54(41)69-59(42)50)68-49-28-25-38(60(2,3)4)34-46(49)63(10)29-16-17-30-64(63,68)11/h12-15,18-28,31-36H,16-17,29-30H2,1-11H3. The van der Waals surface area contributed by atoms with Crippen molar-refractivity contribution < 1.29 is 4.42 Å². The zero-order chi connectivity index (χ0) is 47.5. The van der Waals surface area contributed by atoms with Crippen LogP contribution < -0.4 is 26.2 Å². The van der Waals surface area contributed by atoms with Gasteiger partial charge in [-0.25, -0.2) is 0 Å². The van der Waals surface area contributed by atoms with Gasteiger partial charge in [-0.05, 0) is 136 Å². The number of hydrogen-bond acceptors (Lipinski definition) is 3. The fourth-order valence-corrected chi connectivity index (χ4v) is 14.5. The number of furan rings is 1. The third kappa shape index (κ3) is 5.16. The van der Waals surface area contributed by atoms with Gasteiger partial charge in [-0.1, -0.05) is 154 Å². The summed E-state index contributed by atoms with van der Waals surface area (Å²) in [7, 11) is 0. The van der Waals surface area contributed by atoms with Crippen molar-refractivity contribution >= 4 is 84.4 Å². The number of aryl methyl sites for hydroxylation is 1. The molecule has 4 nitrogen and oxygen atoms in total. The van der Waals surface area contributed by atoms with E-state index in [0.29, 0.717) is 0 Å². The Morgan fingerprint density at radius 3 is 2.13 bits per heavy atom. The Hall–Kier alpha value is -6.46. The summed E-state index contributed by atoms with van der Waals surface area (Å²) < 4.78 is 9.71. The molecule has 0 bridgehead atoms. The molecule has 5 aliphatic rings. The van der Waals surface area contributed by atoms with E-state index in [4.69, 9.17) is 4.42 Å². The molecular formula is C64H62BN3O. The van der Waals surface area contributed by atoms with Gasteiger partial charge in [-0.15, -0.1) is 0 Å². The first-order valence-electron chi connectivity index (χ1n) is 25.7. The Morgan fingerprint density at radius 1 is 0.580 bits per heavy atom. The van der Waals surface area contributed by atoms with Crippen LogP contribution in [0.3, 0.4) is 0 Å². The topological polar surface area (TPSA) is 24.6 Å². The van der Waals surface area contributed by atoms with Crippen molar-refractivity contribution in [3.8, 4) is 16.9 Å². The SMILES string of the molecule is Cc1cc2c3c(c1)-n1c4c(c5cc(C(C)(C)C)cc(c51)B3c1ccc(N3c5ccc(C(C)(C)C)cc5C5(C)CCCCC35C)cc1N2c1cccc2c1oc1ccccc12)C(C)(C)c1ccccc1-4. The van der Waals surface area contributed by atoms with Crippen LogP contribution >= 0.6 is 0 Å². The predicted octanol–water partition coefficient (Wildman–Crippen LogP) is 15.1. The van der Waals surface area contributed by atoms with Crippen LogP contribution in [0.5, 0.6) is 0 Å². The largest absolute Gasteiger partial charge is 0.454 e. The van der Waals surface area contributed by atoms with Crippen molar-refractivity contribution in [2.75, 3.05) is 9.80 Å². The first kappa shape index (κ1) is 41.5. The van der Waals surface area contributed by atoms with Crippen molar-refractivity contribution in [1.29, 1.82) is 0 Å². The van der Waals surface area contributed by atoms with Gasteiger partial charge in [0.15, 0.2) is 5.58 Å². The Morgan fingerprint density at radius 2 is 1.32 bits per heavy atom. The lowest BCUT2D eigenvalue weighted by molar-refractivity contribution is 0.195. The molecule has 0 saturated heterocycles. The molecule has 14 rings (SSSR count). The second-order valence-corrected chi connectivity index (χ2v) is 24.6.